The number of rotatable bonds is 5. The summed E-state index contributed by atoms with van der Waals surface area (Å²) >= 11 is 0. The zero-order valence-electron chi connectivity index (χ0n) is 34.0. The lowest BCUT2D eigenvalue weighted by atomic mass is 9.92. The van der Waals surface area contributed by atoms with Crippen LogP contribution in [0.3, 0.4) is 0 Å². The highest BCUT2D eigenvalue weighted by molar-refractivity contribution is 6.16. The van der Waals surface area contributed by atoms with E-state index in [2.05, 4.69) is 30.3 Å². The summed E-state index contributed by atoms with van der Waals surface area (Å²) in [5.41, 5.74) is 6.58. The quantitative estimate of drug-likeness (QED) is 0.185. The van der Waals surface area contributed by atoms with Crippen molar-refractivity contribution in [1.82, 2.24) is 15.0 Å². The lowest BCUT2D eigenvalue weighted by molar-refractivity contribution is 0.669. The number of benzene rings is 8. The molecule has 10 rings (SSSR count). The molecule has 0 saturated heterocycles. The SMILES string of the molecule is [2H]c1c([2H])c([2H])c2c([2H])c(-c3ccc(-c4nc(-c5ccccc5)nc(-c5ccc(-c6cccc7oc8ccccc8c67)c6ccccc56)n4)cc3)c([2H])c([2H])c2c1[2H]. The minimum atomic E-state index is -0.502. The van der Waals surface area contributed by atoms with Gasteiger partial charge in [0, 0.05) is 27.5 Å². The van der Waals surface area contributed by atoms with E-state index in [1.54, 1.807) is 24.3 Å². The van der Waals surface area contributed by atoms with Crippen molar-refractivity contribution in [2.45, 2.75) is 0 Å². The Morgan fingerprint density at radius 3 is 1.80 bits per heavy atom. The minimum absolute atomic E-state index is 0.0891. The number of fused-ring (bicyclic) bond motifs is 5. The molecule has 0 atom stereocenters. The van der Waals surface area contributed by atoms with E-state index in [9.17, 15) is 0 Å². The molecule has 0 bridgehead atoms. The van der Waals surface area contributed by atoms with Crippen LogP contribution in [-0.4, -0.2) is 15.0 Å². The molecule has 0 saturated carbocycles. The Bertz CT molecular complexity index is 3310. The molecule has 2 aromatic heterocycles. The van der Waals surface area contributed by atoms with Gasteiger partial charge in [-0.15, -0.1) is 0 Å². The second-order valence-corrected chi connectivity index (χ2v) is 12.2. The molecular formula is C47H29N3O. The molecule has 2 heterocycles. The van der Waals surface area contributed by atoms with Crippen molar-refractivity contribution in [1.29, 1.82) is 0 Å². The second-order valence-electron chi connectivity index (χ2n) is 12.2. The highest BCUT2D eigenvalue weighted by Gasteiger charge is 2.18. The molecule has 0 aliphatic rings. The Morgan fingerprint density at radius 2 is 1.00 bits per heavy atom. The fraction of sp³-hybridized carbons (Fsp3) is 0. The number of para-hydroxylation sites is 1. The van der Waals surface area contributed by atoms with E-state index in [0.717, 1.165) is 55.0 Å². The summed E-state index contributed by atoms with van der Waals surface area (Å²) in [5, 5.41) is 3.86. The summed E-state index contributed by atoms with van der Waals surface area (Å²) < 4.78 is 65.9. The molecule has 51 heavy (non-hydrogen) atoms. The minimum Gasteiger partial charge on any atom is -0.456 e. The van der Waals surface area contributed by atoms with E-state index in [4.69, 9.17) is 29.0 Å². The van der Waals surface area contributed by atoms with Gasteiger partial charge in [0.1, 0.15) is 11.2 Å². The smallest absolute Gasteiger partial charge is 0.164 e. The van der Waals surface area contributed by atoms with Crippen molar-refractivity contribution in [3.05, 3.63) is 176 Å². The molecule has 10 aromatic rings. The Labute approximate surface area is 304 Å². The standard InChI is InChI=1S/C47H29N3O/c1-2-12-32(13-3-1)45-48-46(33-24-21-31(22-25-33)35-26-23-30-11-4-5-14-34(30)29-35)50-47(49-45)40-28-27-38(36-15-6-7-16-37(36)40)39-18-10-20-43-44(39)41-17-8-9-19-42(41)51-43/h1-29H/i4D,5D,11D,14D,23D,26D,29D. The van der Waals surface area contributed by atoms with Crippen molar-refractivity contribution in [3.8, 4) is 56.4 Å². The molecule has 4 heteroatoms. The maximum Gasteiger partial charge on any atom is 0.164 e. The average molecular weight is 659 g/mol. The fourth-order valence-corrected chi connectivity index (χ4v) is 6.78. The van der Waals surface area contributed by atoms with E-state index < -0.39 is 24.2 Å². The molecular weight excluding hydrogens is 623 g/mol. The Kier molecular flexibility index (Phi) is 5.29. The molecule has 0 amide bonds. The summed E-state index contributed by atoms with van der Waals surface area (Å²) in [4.78, 5) is 15.0. The third kappa shape index (κ3) is 5.04. The van der Waals surface area contributed by atoms with Gasteiger partial charge in [-0.05, 0) is 68.0 Å². The number of hydrogen-bond donors (Lipinski definition) is 0. The summed E-state index contributed by atoms with van der Waals surface area (Å²) in [5.74, 6) is 1.37. The van der Waals surface area contributed by atoms with Gasteiger partial charge in [0.2, 0.25) is 0 Å². The van der Waals surface area contributed by atoms with Gasteiger partial charge in [-0.2, -0.15) is 0 Å². The van der Waals surface area contributed by atoms with Crippen LogP contribution in [0, 0.1) is 0 Å². The Morgan fingerprint density at radius 1 is 0.392 bits per heavy atom. The van der Waals surface area contributed by atoms with Gasteiger partial charge in [-0.3, -0.25) is 0 Å². The van der Waals surface area contributed by atoms with E-state index >= 15 is 0 Å². The first-order valence-electron chi connectivity index (χ1n) is 20.0. The first-order chi connectivity index (χ1) is 28.2. The maximum absolute atomic E-state index is 9.00. The molecule has 8 aromatic carbocycles. The topological polar surface area (TPSA) is 51.8 Å². The summed E-state index contributed by atoms with van der Waals surface area (Å²) in [7, 11) is 0. The number of nitrogens with zero attached hydrogens (tertiary/aromatic N) is 3. The summed E-state index contributed by atoms with van der Waals surface area (Å²) in [6.07, 6.45) is 0. The van der Waals surface area contributed by atoms with Crippen molar-refractivity contribution < 1.29 is 14.0 Å². The maximum atomic E-state index is 9.00. The lowest BCUT2D eigenvalue weighted by Crippen LogP contribution is -2.00. The second kappa shape index (κ2) is 11.9. The lowest BCUT2D eigenvalue weighted by Gasteiger charge is -2.14. The predicted octanol–water partition coefficient (Wildman–Crippen LogP) is 12.4. The van der Waals surface area contributed by atoms with Crippen molar-refractivity contribution in [2.24, 2.45) is 0 Å². The van der Waals surface area contributed by atoms with Gasteiger partial charge in [0.25, 0.3) is 0 Å². The predicted molar refractivity (Wildman–Crippen MR) is 209 cm³/mol. The number of furan rings is 1. The van der Waals surface area contributed by atoms with E-state index in [0.29, 0.717) is 28.6 Å². The third-order valence-corrected chi connectivity index (χ3v) is 9.21. The molecule has 238 valence electrons. The van der Waals surface area contributed by atoms with Gasteiger partial charge < -0.3 is 4.42 Å². The van der Waals surface area contributed by atoms with Crippen LogP contribution in [0.25, 0.3) is 99.9 Å². The van der Waals surface area contributed by atoms with E-state index in [1.807, 2.05) is 78.9 Å². The Hall–Kier alpha value is -6.91. The van der Waals surface area contributed by atoms with Crippen molar-refractivity contribution >= 4 is 43.5 Å². The van der Waals surface area contributed by atoms with Crippen molar-refractivity contribution in [3.63, 3.8) is 0 Å². The first kappa shape index (κ1) is 22.7. The molecule has 0 aliphatic heterocycles. The molecule has 4 nitrogen and oxygen atoms in total. The van der Waals surface area contributed by atoms with Crippen LogP contribution in [0.5, 0.6) is 0 Å². The third-order valence-electron chi connectivity index (χ3n) is 9.21. The van der Waals surface area contributed by atoms with Gasteiger partial charge in [-0.25, -0.2) is 15.0 Å². The highest BCUT2D eigenvalue weighted by Crippen LogP contribution is 2.41. The van der Waals surface area contributed by atoms with Gasteiger partial charge in [-0.1, -0.05) is 152 Å². The number of hydrogen-bond acceptors (Lipinski definition) is 4. The van der Waals surface area contributed by atoms with Crippen molar-refractivity contribution in [2.75, 3.05) is 0 Å². The molecule has 0 aliphatic carbocycles. The molecule has 0 N–H and O–H groups in total. The average Bonchev–Trinajstić information content (AvgIpc) is 3.65. The van der Waals surface area contributed by atoms with Crippen LogP contribution in [0.2, 0.25) is 0 Å². The van der Waals surface area contributed by atoms with Crippen LogP contribution in [0.15, 0.2) is 180 Å². The van der Waals surface area contributed by atoms with Crippen LogP contribution in [0.4, 0.5) is 0 Å². The zero-order valence-corrected chi connectivity index (χ0v) is 27.0. The van der Waals surface area contributed by atoms with Crippen LogP contribution >= 0.6 is 0 Å². The summed E-state index contributed by atoms with van der Waals surface area (Å²) in [6.45, 7) is 0. The van der Waals surface area contributed by atoms with Crippen LogP contribution in [-0.2, 0) is 0 Å². The van der Waals surface area contributed by atoms with Gasteiger partial charge in [0.15, 0.2) is 17.5 Å². The van der Waals surface area contributed by atoms with Gasteiger partial charge in [0.05, 0.1) is 9.60 Å². The largest absolute Gasteiger partial charge is 0.456 e. The van der Waals surface area contributed by atoms with Crippen LogP contribution < -0.4 is 0 Å². The normalized spacial score (nSPS) is 13.5. The van der Waals surface area contributed by atoms with E-state index in [1.165, 1.54) is 0 Å². The van der Waals surface area contributed by atoms with E-state index in [-0.39, 0.29) is 34.5 Å². The molecule has 0 spiro atoms. The first-order valence-corrected chi connectivity index (χ1v) is 16.5. The number of aromatic nitrogens is 3. The molecule has 0 radical (unpaired) electrons. The van der Waals surface area contributed by atoms with Gasteiger partial charge >= 0.3 is 0 Å². The monoisotopic (exact) mass is 658 g/mol. The molecule has 0 unspecified atom stereocenters. The highest BCUT2D eigenvalue weighted by atomic mass is 16.3. The molecule has 0 fully saturated rings. The van der Waals surface area contributed by atoms with Crippen LogP contribution in [0.1, 0.15) is 9.60 Å². The fourth-order valence-electron chi connectivity index (χ4n) is 6.78. The zero-order chi connectivity index (χ0) is 39.8. The summed E-state index contributed by atoms with van der Waals surface area (Å²) in [6, 6.07) is 40.5. The Balaban J connectivity index is 1.13.